The number of amides is 1. The molecular weight excluding hydrogens is 354 g/mol. The summed E-state index contributed by atoms with van der Waals surface area (Å²) < 4.78 is 5.51. The maximum absolute atomic E-state index is 12.8. The van der Waals surface area contributed by atoms with Crippen LogP contribution in [0.1, 0.15) is 34.9 Å². The molecule has 7 heteroatoms. The van der Waals surface area contributed by atoms with Crippen LogP contribution in [0, 0.1) is 0 Å². The van der Waals surface area contributed by atoms with Crippen molar-refractivity contribution in [3.8, 4) is 17.0 Å². The molecule has 2 aromatic heterocycles. The molecule has 0 aliphatic carbocycles. The molecule has 1 aliphatic rings. The lowest BCUT2D eigenvalue weighted by Crippen LogP contribution is -2.39. The summed E-state index contributed by atoms with van der Waals surface area (Å²) in [7, 11) is 1.65. The fraction of sp³-hybridized carbons (Fsp3) is 0.286. The van der Waals surface area contributed by atoms with Crippen LogP contribution in [-0.4, -0.2) is 50.9 Å². The Kier molecular flexibility index (Phi) is 5.23. The number of piperidine rings is 1. The van der Waals surface area contributed by atoms with Crippen molar-refractivity contribution in [2.24, 2.45) is 0 Å². The fourth-order valence-corrected chi connectivity index (χ4v) is 3.65. The van der Waals surface area contributed by atoms with Gasteiger partial charge in [0, 0.05) is 49.4 Å². The van der Waals surface area contributed by atoms with E-state index in [9.17, 15) is 4.79 Å². The predicted octanol–water partition coefficient (Wildman–Crippen LogP) is 2.96. The number of nitrogens with zero attached hydrogens (tertiary/aromatic N) is 5. The van der Waals surface area contributed by atoms with Crippen LogP contribution in [0.25, 0.3) is 11.3 Å². The highest BCUT2D eigenvalue weighted by atomic mass is 16.5. The van der Waals surface area contributed by atoms with Gasteiger partial charge in [0.15, 0.2) is 0 Å². The lowest BCUT2D eigenvalue weighted by molar-refractivity contribution is 0.0699. The molecule has 1 saturated heterocycles. The third-order valence-corrected chi connectivity index (χ3v) is 4.97. The molecule has 0 spiro atoms. The third kappa shape index (κ3) is 3.55. The highest BCUT2D eigenvalue weighted by Gasteiger charge is 2.29. The molecule has 1 amide bonds. The number of rotatable bonds is 4. The van der Waals surface area contributed by atoms with Crippen LogP contribution in [0.5, 0.6) is 5.75 Å². The van der Waals surface area contributed by atoms with E-state index in [-0.39, 0.29) is 11.8 Å². The number of hydrogen-bond acceptors (Lipinski definition) is 6. The van der Waals surface area contributed by atoms with E-state index in [1.807, 2.05) is 29.2 Å². The number of benzene rings is 1. The molecule has 4 rings (SSSR count). The summed E-state index contributed by atoms with van der Waals surface area (Å²) in [6, 6.07) is 7.79. The van der Waals surface area contributed by atoms with Gasteiger partial charge in [-0.05, 0) is 25.0 Å². The SMILES string of the molecule is COc1ccccc1-c1nccnc1[C@@H]1CCCN(C(=O)c2cnccn2)C1. The zero-order valence-electron chi connectivity index (χ0n) is 15.7. The van der Waals surface area contributed by atoms with Crippen molar-refractivity contribution < 1.29 is 9.53 Å². The van der Waals surface area contributed by atoms with Gasteiger partial charge in [0.1, 0.15) is 11.4 Å². The summed E-state index contributed by atoms with van der Waals surface area (Å²) in [5, 5.41) is 0. The first kappa shape index (κ1) is 18.0. The number of hydrogen-bond donors (Lipinski definition) is 0. The van der Waals surface area contributed by atoms with Gasteiger partial charge in [-0.1, -0.05) is 12.1 Å². The number of carbonyl (C=O) groups is 1. The molecule has 1 aromatic carbocycles. The highest BCUT2D eigenvalue weighted by molar-refractivity contribution is 5.92. The Balaban J connectivity index is 1.64. The number of para-hydroxylation sites is 1. The normalized spacial score (nSPS) is 16.6. The van der Waals surface area contributed by atoms with Crippen molar-refractivity contribution in [1.82, 2.24) is 24.8 Å². The van der Waals surface area contributed by atoms with Crippen LogP contribution in [0.2, 0.25) is 0 Å². The molecule has 28 heavy (non-hydrogen) atoms. The smallest absolute Gasteiger partial charge is 0.274 e. The lowest BCUT2D eigenvalue weighted by atomic mass is 9.91. The summed E-state index contributed by atoms with van der Waals surface area (Å²) in [6.45, 7) is 1.28. The van der Waals surface area contributed by atoms with E-state index in [4.69, 9.17) is 4.74 Å². The molecule has 0 radical (unpaired) electrons. The minimum atomic E-state index is -0.0967. The third-order valence-electron chi connectivity index (χ3n) is 4.97. The van der Waals surface area contributed by atoms with E-state index < -0.39 is 0 Å². The van der Waals surface area contributed by atoms with Gasteiger partial charge in [0.2, 0.25) is 0 Å². The summed E-state index contributed by atoms with van der Waals surface area (Å²) in [5.41, 5.74) is 2.97. The molecule has 1 fully saturated rings. The van der Waals surface area contributed by atoms with E-state index >= 15 is 0 Å². The highest BCUT2D eigenvalue weighted by Crippen LogP contribution is 2.35. The zero-order chi connectivity index (χ0) is 19.3. The van der Waals surface area contributed by atoms with Gasteiger partial charge in [-0.25, -0.2) is 4.98 Å². The van der Waals surface area contributed by atoms with E-state index in [1.165, 1.54) is 12.4 Å². The van der Waals surface area contributed by atoms with Crippen LogP contribution >= 0.6 is 0 Å². The van der Waals surface area contributed by atoms with Crippen molar-refractivity contribution in [2.75, 3.05) is 20.2 Å². The molecular formula is C21H21N5O2. The van der Waals surface area contributed by atoms with Crippen LogP contribution in [0.4, 0.5) is 0 Å². The second kappa shape index (κ2) is 8.12. The number of carbonyl (C=O) groups excluding carboxylic acids is 1. The summed E-state index contributed by atoms with van der Waals surface area (Å²) >= 11 is 0. The molecule has 0 unspecified atom stereocenters. The molecule has 3 aromatic rings. The van der Waals surface area contributed by atoms with Crippen molar-refractivity contribution in [2.45, 2.75) is 18.8 Å². The van der Waals surface area contributed by atoms with Gasteiger partial charge < -0.3 is 9.64 Å². The minimum absolute atomic E-state index is 0.0967. The molecule has 142 valence electrons. The predicted molar refractivity (Wildman–Crippen MR) is 104 cm³/mol. The van der Waals surface area contributed by atoms with Crippen molar-refractivity contribution >= 4 is 5.91 Å². The molecule has 1 atom stereocenters. The average Bonchev–Trinajstić information content (AvgIpc) is 2.79. The zero-order valence-corrected chi connectivity index (χ0v) is 15.7. The number of aromatic nitrogens is 4. The Morgan fingerprint density at radius 2 is 1.93 bits per heavy atom. The number of ether oxygens (including phenoxy) is 1. The molecule has 0 N–H and O–H groups in total. The molecule has 0 bridgehead atoms. The Morgan fingerprint density at radius 3 is 2.75 bits per heavy atom. The second-order valence-electron chi connectivity index (χ2n) is 6.67. The van der Waals surface area contributed by atoms with Gasteiger partial charge in [-0.15, -0.1) is 0 Å². The van der Waals surface area contributed by atoms with Crippen LogP contribution < -0.4 is 4.74 Å². The van der Waals surface area contributed by atoms with Crippen LogP contribution in [0.15, 0.2) is 55.2 Å². The summed E-state index contributed by atoms with van der Waals surface area (Å²) in [6.07, 6.45) is 9.86. The Hall–Kier alpha value is -3.35. The Bertz CT molecular complexity index is 964. The molecule has 0 saturated carbocycles. The maximum atomic E-state index is 12.8. The topological polar surface area (TPSA) is 81.1 Å². The quantitative estimate of drug-likeness (QED) is 0.697. The molecule has 7 nitrogen and oxygen atoms in total. The largest absolute Gasteiger partial charge is 0.496 e. The van der Waals surface area contributed by atoms with E-state index in [2.05, 4.69) is 19.9 Å². The van der Waals surface area contributed by atoms with Crippen molar-refractivity contribution in [1.29, 1.82) is 0 Å². The monoisotopic (exact) mass is 375 g/mol. The average molecular weight is 375 g/mol. The van der Waals surface area contributed by atoms with Crippen LogP contribution in [-0.2, 0) is 0 Å². The Labute approximate surface area is 163 Å². The first-order chi connectivity index (χ1) is 13.8. The van der Waals surface area contributed by atoms with Crippen molar-refractivity contribution in [3.05, 3.63) is 66.6 Å². The fourth-order valence-electron chi connectivity index (χ4n) is 3.65. The standard InChI is InChI=1S/C21H21N5O2/c1-28-18-7-3-2-6-16(18)20-19(24-10-11-25-20)15-5-4-12-26(14-15)21(27)17-13-22-8-9-23-17/h2-3,6-11,13,15H,4-5,12,14H2,1H3/t15-/m1/s1. The van der Waals surface area contributed by atoms with Gasteiger partial charge in [-0.2, -0.15) is 0 Å². The summed E-state index contributed by atoms with van der Waals surface area (Å²) in [5.74, 6) is 0.760. The number of likely N-dealkylation sites (tertiary alicyclic amines) is 1. The maximum Gasteiger partial charge on any atom is 0.274 e. The van der Waals surface area contributed by atoms with Crippen LogP contribution in [0.3, 0.4) is 0 Å². The lowest BCUT2D eigenvalue weighted by Gasteiger charge is -2.32. The second-order valence-corrected chi connectivity index (χ2v) is 6.67. The minimum Gasteiger partial charge on any atom is -0.496 e. The van der Waals surface area contributed by atoms with E-state index in [1.54, 1.807) is 25.7 Å². The Morgan fingerprint density at radius 1 is 1.11 bits per heavy atom. The van der Waals surface area contributed by atoms with Gasteiger partial charge in [-0.3, -0.25) is 19.7 Å². The first-order valence-corrected chi connectivity index (χ1v) is 9.27. The molecule has 1 aliphatic heterocycles. The first-order valence-electron chi connectivity index (χ1n) is 9.27. The molecule has 3 heterocycles. The van der Waals surface area contributed by atoms with Crippen molar-refractivity contribution in [3.63, 3.8) is 0 Å². The summed E-state index contributed by atoms with van der Waals surface area (Å²) in [4.78, 5) is 32.0. The van der Waals surface area contributed by atoms with E-state index in [0.29, 0.717) is 18.8 Å². The van der Waals surface area contributed by atoms with Gasteiger partial charge in [0.05, 0.1) is 24.7 Å². The van der Waals surface area contributed by atoms with Gasteiger partial charge in [0.25, 0.3) is 5.91 Å². The van der Waals surface area contributed by atoms with Gasteiger partial charge >= 0.3 is 0 Å². The number of methoxy groups -OCH3 is 1. The van der Waals surface area contributed by atoms with E-state index in [0.717, 1.165) is 35.5 Å².